The molecular formula is C16H21F2NO3. The Morgan fingerprint density at radius 3 is 2.64 bits per heavy atom. The molecule has 1 N–H and O–H groups in total. The molecule has 1 aromatic carbocycles. The van der Waals surface area contributed by atoms with Crippen LogP contribution in [0.15, 0.2) is 18.2 Å². The summed E-state index contributed by atoms with van der Waals surface area (Å²) in [5.41, 5.74) is 0.372. The number of carbonyl (C=O) groups is 1. The highest BCUT2D eigenvalue weighted by atomic mass is 19.3. The quantitative estimate of drug-likeness (QED) is 0.903. The van der Waals surface area contributed by atoms with Crippen LogP contribution in [0.1, 0.15) is 43.0 Å². The Balaban J connectivity index is 2.09. The van der Waals surface area contributed by atoms with Gasteiger partial charge >= 0.3 is 6.61 Å². The van der Waals surface area contributed by atoms with Crippen molar-refractivity contribution in [2.75, 3.05) is 7.11 Å². The lowest BCUT2D eigenvalue weighted by molar-refractivity contribution is -0.0512. The third-order valence-corrected chi connectivity index (χ3v) is 4.07. The van der Waals surface area contributed by atoms with E-state index in [4.69, 9.17) is 4.74 Å². The first-order chi connectivity index (χ1) is 10.5. The van der Waals surface area contributed by atoms with Crippen molar-refractivity contribution < 1.29 is 23.0 Å². The van der Waals surface area contributed by atoms with Gasteiger partial charge in [0.05, 0.1) is 7.11 Å². The lowest BCUT2D eigenvalue weighted by Crippen LogP contribution is -2.41. The number of benzene rings is 1. The Hall–Kier alpha value is -1.85. The third-order valence-electron chi connectivity index (χ3n) is 4.07. The zero-order valence-electron chi connectivity index (χ0n) is 12.8. The van der Waals surface area contributed by atoms with E-state index in [9.17, 15) is 13.6 Å². The lowest BCUT2D eigenvalue weighted by Gasteiger charge is -2.29. The molecular weight excluding hydrogens is 292 g/mol. The summed E-state index contributed by atoms with van der Waals surface area (Å²) in [6, 6.07) is 4.36. The molecule has 1 amide bonds. The molecule has 0 spiro atoms. The Labute approximate surface area is 128 Å². The van der Waals surface area contributed by atoms with Crippen LogP contribution in [-0.2, 0) is 0 Å². The summed E-state index contributed by atoms with van der Waals surface area (Å²) in [5, 5.41) is 3.01. The van der Waals surface area contributed by atoms with Gasteiger partial charge in [0.25, 0.3) is 5.91 Å². The van der Waals surface area contributed by atoms with Gasteiger partial charge in [-0.25, -0.2) is 0 Å². The lowest BCUT2D eigenvalue weighted by atomic mass is 9.86. The first-order valence-corrected chi connectivity index (χ1v) is 7.45. The first-order valence-electron chi connectivity index (χ1n) is 7.45. The summed E-state index contributed by atoms with van der Waals surface area (Å²) in [6.45, 7) is -0.804. The minimum absolute atomic E-state index is 0.0833. The van der Waals surface area contributed by atoms with Crippen LogP contribution in [0.3, 0.4) is 0 Å². The molecule has 0 bridgehead atoms. The topological polar surface area (TPSA) is 47.6 Å². The molecule has 0 aromatic heterocycles. The van der Waals surface area contributed by atoms with E-state index < -0.39 is 6.61 Å². The molecule has 22 heavy (non-hydrogen) atoms. The van der Waals surface area contributed by atoms with E-state index in [0.717, 1.165) is 19.3 Å². The van der Waals surface area contributed by atoms with Crippen molar-refractivity contribution in [3.05, 3.63) is 23.8 Å². The molecule has 1 aromatic rings. The molecule has 2 atom stereocenters. The van der Waals surface area contributed by atoms with Gasteiger partial charge in [-0.05, 0) is 37.0 Å². The minimum atomic E-state index is -2.93. The van der Waals surface area contributed by atoms with Crippen molar-refractivity contribution in [1.29, 1.82) is 0 Å². The van der Waals surface area contributed by atoms with Crippen LogP contribution >= 0.6 is 0 Å². The van der Waals surface area contributed by atoms with Gasteiger partial charge in [0.15, 0.2) is 11.5 Å². The summed E-state index contributed by atoms with van der Waals surface area (Å²) < 4.78 is 33.9. The number of carbonyl (C=O) groups excluding carboxylic acids is 1. The van der Waals surface area contributed by atoms with E-state index in [1.807, 2.05) is 0 Å². The summed E-state index contributed by atoms with van der Waals surface area (Å²) in [5.74, 6) is 0.256. The second-order valence-corrected chi connectivity index (χ2v) is 5.59. The zero-order valence-corrected chi connectivity index (χ0v) is 12.8. The molecule has 0 saturated heterocycles. The van der Waals surface area contributed by atoms with Crippen molar-refractivity contribution in [2.24, 2.45) is 5.92 Å². The van der Waals surface area contributed by atoms with E-state index in [2.05, 4.69) is 17.0 Å². The molecule has 1 aliphatic carbocycles. The molecule has 0 heterocycles. The van der Waals surface area contributed by atoms with Crippen LogP contribution in [0.25, 0.3) is 0 Å². The van der Waals surface area contributed by atoms with Gasteiger partial charge in [-0.1, -0.05) is 19.8 Å². The second kappa shape index (κ2) is 7.42. The summed E-state index contributed by atoms with van der Waals surface area (Å²) in [7, 11) is 1.35. The average molecular weight is 313 g/mol. The van der Waals surface area contributed by atoms with E-state index in [0.29, 0.717) is 11.5 Å². The van der Waals surface area contributed by atoms with Crippen LogP contribution in [0.2, 0.25) is 0 Å². The van der Waals surface area contributed by atoms with Crippen LogP contribution in [0.5, 0.6) is 11.5 Å². The predicted molar refractivity (Wildman–Crippen MR) is 78.5 cm³/mol. The van der Waals surface area contributed by atoms with Gasteiger partial charge in [0, 0.05) is 11.6 Å². The second-order valence-electron chi connectivity index (χ2n) is 5.59. The Bertz CT molecular complexity index is 522. The Morgan fingerprint density at radius 2 is 2.00 bits per heavy atom. The summed E-state index contributed by atoms with van der Waals surface area (Å²) in [4.78, 5) is 12.3. The number of nitrogens with one attached hydrogen (secondary N) is 1. The van der Waals surface area contributed by atoms with Gasteiger partial charge < -0.3 is 14.8 Å². The van der Waals surface area contributed by atoms with Gasteiger partial charge in [-0.3, -0.25) is 4.79 Å². The van der Waals surface area contributed by atoms with Crippen molar-refractivity contribution in [3.63, 3.8) is 0 Å². The monoisotopic (exact) mass is 313 g/mol. The van der Waals surface area contributed by atoms with E-state index in [1.54, 1.807) is 0 Å². The summed E-state index contributed by atoms with van der Waals surface area (Å²) >= 11 is 0. The maximum absolute atomic E-state index is 12.3. The highest BCUT2D eigenvalue weighted by molar-refractivity contribution is 5.95. The van der Waals surface area contributed by atoms with Crippen molar-refractivity contribution >= 4 is 5.91 Å². The number of halogens is 2. The van der Waals surface area contributed by atoms with Gasteiger partial charge in [0.1, 0.15) is 0 Å². The number of rotatable bonds is 5. The molecule has 6 heteroatoms. The van der Waals surface area contributed by atoms with Gasteiger partial charge in [-0.15, -0.1) is 0 Å². The zero-order chi connectivity index (χ0) is 16.1. The highest BCUT2D eigenvalue weighted by Crippen LogP contribution is 2.30. The molecule has 1 saturated carbocycles. The van der Waals surface area contributed by atoms with Crippen LogP contribution in [-0.4, -0.2) is 25.7 Å². The van der Waals surface area contributed by atoms with E-state index in [-0.39, 0.29) is 23.4 Å². The molecule has 0 aliphatic heterocycles. The Kier molecular flexibility index (Phi) is 5.57. The third kappa shape index (κ3) is 4.08. The molecule has 1 aliphatic rings. The normalized spacial score (nSPS) is 21.5. The predicted octanol–water partition coefficient (Wildman–Crippen LogP) is 3.61. The molecule has 0 radical (unpaired) electrons. The average Bonchev–Trinajstić information content (AvgIpc) is 2.49. The fraction of sp³-hybridized carbons (Fsp3) is 0.562. The number of hydrogen-bond donors (Lipinski definition) is 1. The Morgan fingerprint density at radius 1 is 1.27 bits per heavy atom. The summed E-state index contributed by atoms with van der Waals surface area (Å²) in [6.07, 6.45) is 4.38. The van der Waals surface area contributed by atoms with Gasteiger partial charge in [-0.2, -0.15) is 8.78 Å². The number of hydrogen-bond acceptors (Lipinski definition) is 3. The number of alkyl halides is 2. The maximum Gasteiger partial charge on any atom is 0.387 e. The fourth-order valence-electron chi connectivity index (χ4n) is 2.78. The molecule has 2 unspecified atom stereocenters. The number of ether oxygens (including phenoxy) is 2. The first kappa shape index (κ1) is 16.5. The van der Waals surface area contributed by atoms with E-state index in [1.165, 1.54) is 31.7 Å². The van der Waals surface area contributed by atoms with Crippen molar-refractivity contribution in [3.8, 4) is 11.5 Å². The number of amides is 1. The molecule has 122 valence electrons. The molecule has 2 rings (SSSR count). The van der Waals surface area contributed by atoms with Gasteiger partial charge in [0.2, 0.25) is 0 Å². The minimum Gasteiger partial charge on any atom is -0.493 e. The smallest absolute Gasteiger partial charge is 0.387 e. The van der Waals surface area contributed by atoms with Crippen molar-refractivity contribution in [2.45, 2.75) is 45.3 Å². The van der Waals surface area contributed by atoms with E-state index >= 15 is 0 Å². The molecule has 1 fully saturated rings. The molecule has 4 nitrogen and oxygen atoms in total. The number of methoxy groups -OCH3 is 1. The SMILES string of the molecule is COc1cc(C(=O)NC2CCCCC2C)ccc1OC(F)F. The maximum atomic E-state index is 12.3. The van der Waals surface area contributed by atoms with Crippen LogP contribution in [0.4, 0.5) is 8.78 Å². The van der Waals surface area contributed by atoms with Crippen LogP contribution in [0, 0.1) is 5.92 Å². The highest BCUT2D eigenvalue weighted by Gasteiger charge is 2.23. The largest absolute Gasteiger partial charge is 0.493 e. The standard InChI is InChI=1S/C16H21F2NO3/c1-10-5-3-4-6-12(10)19-15(20)11-7-8-13(22-16(17)18)14(9-11)21-2/h7-10,12,16H,3-6H2,1-2H3,(H,19,20). The van der Waals surface area contributed by atoms with Crippen molar-refractivity contribution in [1.82, 2.24) is 5.32 Å². The van der Waals surface area contributed by atoms with Crippen LogP contribution < -0.4 is 14.8 Å². The fourth-order valence-corrected chi connectivity index (χ4v) is 2.78.